The van der Waals surface area contributed by atoms with Gasteiger partial charge in [-0.25, -0.2) is 9.37 Å². The van der Waals surface area contributed by atoms with Gasteiger partial charge in [-0.15, -0.1) is 0 Å². The predicted octanol–water partition coefficient (Wildman–Crippen LogP) is 3.84. The van der Waals surface area contributed by atoms with E-state index in [0.717, 1.165) is 17.2 Å². The number of hydrogen-bond acceptors (Lipinski definition) is 5. The molecule has 10 heteroatoms. The van der Waals surface area contributed by atoms with E-state index in [1.54, 1.807) is 23.0 Å². The summed E-state index contributed by atoms with van der Waals surface area (Å²) in [5.74, 6) is -1.02. The fraction of sp³-hybridized carbons (Fsp3) is 0.0500. The van der Waals surface area contributed by atoms with Crippen LogP contribution in [0.25, 0.3) is 16.8 Å². The molecule has 0 saturated heterocycles. The molecule has 0 bridgehead atoms. The maximum Gasteiger partial charge on any atom is 0.281 e. The van der Waals surface area contributed by atoms with Crippen LogP contribution in [0.2, 0.25) is 5.02 Å². The van der Waals surface area contributed by atoms with Crippen LogP contribution in [0.4, 0.5) is 4.39 Å². The van der Waals surface area contributed by atoms with Crippen molar-refractivity contribution in [1.82, 2.24) is 18.8 Å². The molecular weight excluding hydrogens is 429 g/mol. The van der Waals surface area contributed by atoms with Crippen molar-refractivity contribution < 1.29 is 12.8 Å². The Balaban J connectivity index is 1.67. The third kappa shape index (κ3) is 3.64. The highest BCUT2D eigenvalue weighted by atomic mass is 35.5. The number of hydrazone groups is 1. The monoisotopic (exact) mass is 443 g/mol. The SMILES string of the molecule is CN(/N=C/c1cnc2ccc(-c3cccnc3)cn12)S(=O)(=O)c1cccc(Cl)c1F. The number of fused-ring (bicyclic) bond motifs is 1. The highest BCUT2D eigenvalue weighted by Crippen LogP contribution is 2.24. The molecule has 152 valence electrons. The van der Waals surface area contributed by atoms with Crippen LogP contribution in [-0.4, -0.2) is 40.5 Å². The zero-order chi connectivity index (χ0) is 21.3. The van der Waals surface area contributed by atoms with Gasteiger partial charge < -0.3 is 0 Å². The summed E-state index contributed by atoms with van der Waals surface area (Å²) in [6, 6.07) is 11.3. The van der Waals surface area contributed by atoms with Crippen LogP contribution in [0.5, 0.6) is 0 Å². The number of pyridine rings is 2. The zero-order valence-electron chi connectivity index (χ0n) is 15.6. The Labute approximate surface area is 177 Å². The number of imidazole rings is 1. The van der Waals surface area contributed by atoms with Gasteiger partial charge in [-0.2, -0.15) is 17.9 Å². The van der Waals surface area contributed by atoms with Crippen molar-refractivity contribution >= 4 is 33.5 Å². The van der Waals surface area contributed by atoms with Gasteiger partial charge in [-0.1, -0.05) is 23.7 Å². The fourth-order valence-corrected chi connectivity index (χ4v) is 4.10. The van der Waals surface area contributed by atoms with E-state index in [2.05, 4.69) is 15.1 Å². The number of hydrogen-bond donors (Lipinski definition) is 0. The molecule has 0 atom stereocenters. The number of halogens is 2. The molecule has 0 saturated carbocycles. The summed E-state index contributed by atoms with van der Waals surface area (Å²) in [5, 5.41) is 3.70. The van der Waals surface area contributed by atoms with Crippen molar-refractivity contribution in [2.75, 3.05) is 7.05 Å². The van der Waals surface area contributed by atoms with Gasteiger partial charge in [-0.05, 0) is 30.3 Å². The lowest BCUT2D eigenvalue weighted by Gasteiger charge is -2.14. The molecule has 0 unspecified atom stereocenters. The van der Waals surface area contributed by atoms with Crippen LogP contribution in [0.1, 0.15) is 5.69 Å². The summed E-state index contributed by atoms with van der Waals surface area (Å²) in [6.07, 6.45) is 8.19. The Morgan fingerprint density at radius 1 is 1.13 bits per heavy atom. The molecule has 4 rings (SSSR count). The van der Waals surface area contributed by atoms with Gasteiger partial charge in [0.25, 0.3) is 10.0 Å². The highest BCUT2D eigenvalue weighted by molar-refractivity contribution is 7.89. The molecule has 30 heavy (non-hydrogen) atoms. The molecule has 4 aromatic rings. The quantitative estimate of drug-likeness (QED) is 0.346. The maximum absolute atomic E-state index is 14.2. The van der Waals surface area contributed by atoms with Crippen molar-refractivity contribution in [3.63, 3.8) is 0 Å². The third-order valence-corrected chi connectivity index (χ3v) is 6.38. The molecule has 0 spiro atoms. The van der Waals surface area contributed by atoms with E-state index < -0.39 is 20.7 Å². The zero-order valence-corrected chi connectivity index (χ0v) is 17.2. The van der Waals surface area contributed by atoms with E-state index in [9.17, 15) is 12.8 Å². The molecule has 0 aliphatic rings. The van der Waals surface area contributed by atoms with E-state index in [4.69, 9.17) is 11.6 Å². The van der Waals surface area contributed by atoms with Crippen LogP contribution in [0.15, 0.2) is 77.2 Å². The molecule has 0 amide bonds. The number of aromatic nitrogens is 3. The van der Waals surface area contributed by atoms with Crippen LogP contribution in [0.3, 0.4) is 0 Å². The minimum absolute atomic E-state index is 0.279. The first kappa shape index (κ1) is 20.0. The number of nitrogens with zero attached hydrogens (tertiary/aromatic N) is 5. The van der Waals surface area contributed by atoms with Gasteiger partial charge >= 0.3 is 0 Å². The molecule has 3 heterocycles. The number of benzene rings is 1. The lowest BCUT2D eigenvalue weighted by molar-refractivity contribution is 0.482. The van der Waals surface area contributed by atoms with Crippen molar-refractivity contribution in [3.8, 4) is 11.1 Å². The van der Waals surface area contributed by atoms with Crippen LogP contribution < -0.4 is 0 Å². The Bertz CT molecular complexity index is 1360. The lowest BCUT2D eigenvalue weighted by Crippen LogP contribution is -2.23. The topological polar surface area (TPSA) is 79.9 Å². The van der Waals surface area contributed by atoms with E-state index in [0.29, 0.717) is 15.8 Å². The molecule has 3 aromatic heterocycles. The van der Waals surface area contributed by atoms with Crippen molar-refractivity contribution in [2.24, 2.45) is 5.10 Å². The van der Waals surface area contributed by atoms with Gasteiger partial charge in [0.2, 0.25) is 0 Å². The summed E-state index contributed by atoms with van der Waals surface area (Å²) in [7, 11) is -2.99. The molecule has 7 nitrogen and oxygen atoms in total. The van der Waals surface area contributed by atoms with Crippen molar-refractivity contribution in [3.05, 3.63) is 83.8 Å². The smallest absolute Gasteiger partial charge is 0.281 e. The number of rotatable bonds is 5. The Kier molecular flexibility index (Phi) is 5.23. The summed E-state index contributed by atoms with van der Waals surface area (Å²) >= 11 is 5.70. The van der Waals surface area contributed by atoms with Crippen LogP contribution in [-0.2, 0) is 10.0 Å². The van der Waals surface area contributed by atoms with Crippen molar-refractivity contribution in [1.29, 1.82) is 0 Å². The van der Waals surface area contributed by atoms with Gasteiger partial charge in [0.1, 0.15) is 10.5 Å². The first-order chi connectivity index (χ1) is 14.4. The van der Waals surface area contributed by atoms with E-state index in [1.807, 2.05) is 30.5 Å². The lowest BCUT2D eigenvalue weighted by atomic mass is 10.1. The van der Waals surface area contributed by atoms with Gasteiger partial charge in [0.15, 0.2) is 5.82 Å². The second-order valence-electron chi connectivity index (χ2n) is 6.31. The van der Waals surface area contributed by atoms with Crippen LogP contribution in [0, 0.1) is 5.82 Å². The van der Waals surface area contributed by atoms with E-state index >= 15 is 0 Å². The van der Waals surface area contributed by atoms with Gasteiger partial charge in [-0.3, -0.25) is 9.38 Å². The molecular formula is C20H15ClFN5O2S. The standard InChI is InChI=1S/C20H15ClFN5O2S/c1-26(30(28,29)18-6-2-5-17(21)20(18)22)25-12-16-11-24-19-8-7-15(13-27(16)19)14-4-3-9-23-10-14/h2-13H,1H3/b25-12+. The maximum atomic E-state index is 14.2. The van der Waals surface area contributed by atoms with E-state index in [-0.39, 0.29) is 5.02 Å². The van der Waals surface area contributed by atoms with E-state index in [1.165, 1.54) is 25.4 Å². The molecule has 0 N–H and O–H groups in total. The second-order valence-corrected chi connectivity index (χ2v) is 8.63. The van der Waals surface area contributed by atoms with Gasteiger partial charge in [0.05, 0.1) is 23.1 Å². The molecule has 0 aliphatic carbocycles. The largest absolute Gasteiger partial charge is 0.298 e. The Morgan fingerprint density at radius 2 is 1.97 bits per heavy atom. The second kappa shape index (κ2) is 7.85. The predicted molar refractivity (Wildman–Crippen MR) is 112 cm³/mol. The first-order valence-corrected chi connectivity index (χ1v) is 10.5. The highest BCUT2D eigenvalue weighted by Gasteiger charge is 2.24. The summed E-state index contributed by atoms with van der Waals surface area (Å²) in [4.78, 5) is 7.85. The average molecular weight is 444 g/mol. The Hall–Kier alpha value is -3.30. The molecule has 0 aliphatic heterocycles. The van der Waals surface area contributed by atoms with Gasteiger partial charge in [0, 0.05) is 36.8 Å². The summed E-state index contributed by atoms with van der Waals surface area (Å²) < 4.78 is 41.9. The first-order valence-electron chi connectivity index (χ1n) is 8.72. The fourth-order valence-electron chi connectivity index (χ4n) is 2.83. The molecule has 1 aromatic carbocycles. The Morgan fingerprint density at radius 3 is 2.73 bits per heavy atom. The normalized spacial score (nSPS) is 12.0. The van der Waals surface area contributed by atoms with Crippen LogP contribution >= 0.6 is 11.6 Å². The number of sulfonamides is 1. The van der Waals surface area contributed by atoms with Crippen molar-refractivity contribution in [2.45, 2.75) is 4.90 Å². The minimum atomic E-state index is -4.21. The molecule has 0 fully saturated rings. The summed E-state index contributed by atoms with van der Waals surface area (Å²) in [6.45, 7) is 0. The third-order valence-electron chi connectivity index (χ3n) is 4.42. The summed E-state index contributed by atoms with van der Waals surface area (Å²) in [5.41, 5.74) is 3.04. The molecule has 0 radical (unpaired) electrons. The average Bonchev–Trinajstić information content (AvgIpc) is 3.16. The minimum Gasteiger partial charge on any atom is -0.298 e.